The fraction of sp³-hybridized carbons (Fsp3) is 0.130. The molecule has 1 amide bonds. The molecule has 9 heteroatoms. The number of hydrogen-bond acceptors (Lipinski definition) is 5. The maximum Gasteiger partial charge on any atom is 0.237 e. The van der Waals surface area contributed by atoms with Crippen LogP contribution in [0.3, 0.4) is 0 Å². The van der Waals surface area contributed by atoms with Gasteiger partial charge in [0.2, 0.25) is 5.91 Å². The van der Waals surface area contributed by atoms with Crippen molar-refractivity contribution in [3.63, 3.8) is 0 Å². The molecule has 0 aliphatic carbocycles. The summed E-state index contributed by atoms with van der Waals surface area (Å²) in [6, 6.07) is 16.7. The van der Waals surface area contributed by atoms with E-state index in [1.54, 1.807) is 24.5 Å². The second kappa shape index (κ2) is 9.73. The maximum atomic E-state index is 12.8. The van der Waals surface area contributed by atoms with Gasteiger partial charge in [0.05, 0.1) is 21.0 Å². The number of aryl methyl sites for hydroxylation is 1. The molecule has 32 heavy (non-hydrogen) atoms. The lowest BCUT2D eigenvalue weighted by molar-refractivity contribution is -0.115. The molecule has 2 aromatic carbocycles. The molecule has 0 radical (unpaired) electrons. The second-order valence-electron chi connectivity index (χ2n) is 7.10. The van der Waals surface area contributed by atoms with Crippen LogP contribution < -0.4 is 5.32 Å². The smallest absolute Gasteiger partial charge is 0.237 e. The van der Waals surface area contributed by atoms with E-state index in [-0.39, 0.29) is 5.91 Å². The molecule has 0 fully saturated rings. The van der Waals surface area contributed by atoms with Crippen LogP contribution in [0.15, 0.2) is 72.1 Å². The van der Waals surface area contributed by atoms with Crippen LogP contribution in [0.2, 0.25) is 10.0 Å². The van der Waals surface area contributed by atoms with Crippen LogP contribution in [0.5, 0.6) is 0 Å². The third-order valence-electron chi connectivity index (χ3n) is 4.68. The average Bonchev–Trinajstić information content (AvgIpc) is 3.21. The molecule has 0 aliphatic rings. The Hall–Kier alpha value is -2.87. The average molecular weight is 484 g/mol. The molecule has 0 bridgehead atoms. The van der Waals surface area contributed by atoms with Gasteiger partial charge in [-0.1, -0.05) is 52.7 Å². The molecule has 0 saturated heterocycles. The van der Waals surface area contributed by atoms with Crippen molar-refractivity contribution in [1.29, 1.82) is 0 Å². The molecule has 1 atom stereocenters. The van der Waals surface area contributed by atoms with Crippen molar-refractivity contribution < 1.29 is 4.79 Å². The minimum atomic E-state index is -0.427. The fourth-order valence-corrected chi connectivity index (χ4v) is 4.14. The fourth-order valence-electron chi connectivity index (χ4n) is 2.98. The normalized spacial score (nSPS) is 11.9. The number of nitrogens with zero attached hydrogens (tertiary/aromatic N) is 4. The zero-order valence-electron chi connectivity index (χ0n) is 17.3. The number of pyridine rings is 1. The van der Waals surface area contributed by atoms with Gasteiger partial charge in [0.25, 0.3) is 0 Å². The number of nitrogens with one attached hydrogen (secondary N) is 1. The van der Waals surface area contributed by atoms with E-state index in [2.05, 4.69) is 20.5 Å². The van der Waals surface area contributed by atoms with Crippen LogP contribution >= 0.6 is 35.0 Å². The number of rotatable bonds is 6. The Kier molecular flexibility index (Phi) is 6.79. The van der Waals surface area contributed by atoms with Crippen molar-refractivity contribution in [1.82, 2.24) is 19.7 Å². The molecular weight excluding hydrogens is 465 g/mol. The summed E-state index contributed by atoms with van der Waals surface area (Å²) in [5.41, 5.74) is 3.39. The van der Waals surface area contributed by atoms with Gasteiger partial charge in [-0.15, -0.1) is 10.2 Å². The monoisotopic (exact) mass is 483 g/mol. The van der Waals surface area contributed by atoms with Crippen LogP contribution in [-0.4, -0.2) is 30.9 Å². The van der Waals surface area contributed by atoms with Crippen LogP contribution in [0, 0.1) is 6.92 Å². The summed E-state index contributed by atoms with van der Waals surface area (Å²) in [5, 5.41) is 12.6. The van der Waals surface area contributed by atoms with Gasteiger partial charge in [0, 0.05) is 23.6 Å². The van der Waals surface area contributed by atoms with Crippen LogP contribution in [0.25, 0.3) is 17.1 Å². The van der Waals surface area contributed by atoms with E-state index in [4.69, 9.17) is 23.2 Å². The van der Waals surface area contributed by atoms with Gasteiger partial charge in [-0.25, -0.2) is 0 Å². The van der Waals surface area contributed by atoms with Gasteiger partial charge in [-0.2, -0.15) is 0 Å². The van der Waals surface area contributed by atoms with Gasteiger partial charge in [-0.05, 0) is 56.3 Å². The zero-order chi connectivity index (χ0) is 22.7. The first-order valence-electron chi connectivity index (χ1n) is 9.78. The van der Waals surface area contributed by atoms with E-state index < -0.39 is 5.25 Å². The maximum absolute atomic E-state index is 12.8. The zero-order valence-corrected chi connectivity index (χ0v) is 19.6. The largest absolute Gasteiger partial charge is 0.325 e. The number of hydrogen-bond donors (Lipinski definition) is 1. The van der Waals surface area contributed by atoms with Crippen LogP contribution in [0.4, 0.5) is 5.69 Å². The molecule has 1 N–H and O–H groups in total. The third-order valence-corrected chi connectivity index (χ3v) is 6.47. The molecule has 0 aliphatic heterocycles. The van der Waals surface area contributed by atoms with Gasteiger partial charge < -0.3 is 5.32 Å². The lowest BCUT2D eigenvalue weighted by atomic mass is 10.2. The first-order chi connectivity index (χ1) is 15.4. The minimum Gasteiger partial charge on any atom is -0.325 e. The summed E-state index contributed by atoms with van der Waals surface area (Å²) in [6.45, 7) is 3.82. The topological polar surface area (TPSA) is 72.7 Å². The molecule has 0 saturated carbocycles. The van der Waals surface area contributed by atoms with Crippen molar-refractivity contribution in [2.75, 3.05) is 5.32 Å². The summed E-state index contributed by atoms with van der Waals surface area (Å²) >= 11 is 13.7. The lowest BCUT2D eigenvalue weighted by Gasteiger charge is -2.14. The first-order valence-corrected chi connectivity index (χ1v) is 11.4. The number of carbonyl (C=O) groups is 1. The summed E-state index contributed by atoms with van der Waals surface area (Å²) in [4.78, 5) is 17.0. The molecule has 4 rings (SSSR count). The lowest BCUT2D eigenvalue weighted by Crippen LogP contribution is -2.22. The van der Waals surface area contributed by atoms with Gasteiger partial charge in [0.1, 0.15) is 0 Å². The van der Waals surface area contributed by atoms with E-state index in [1.165, 1.54) is 11.8 Å². The Morgan fingerprint density at radius 3 is 2.53 bits per heavy atom. The van der Waals surface area contributed by atoms with Gasteiger partial charge >= 0.3 is 0 Å². The first kappa shape index (κ1) is 22.3. The highest BCUT2D eigenvalue weighted by molar-refractivity contribution is 8.00. The standard InChI is InChI=1S/C23H19Cl2N5OS/c1-14-5-7-17(8-6-14)27-22(31)15(2)32-23-29-28-21(16-4-3-11-26-13-16)30(23)18-9-10-19(24)20(25)12-18/h3-13,15H,1-2H3,(H,27,31). The number of thioether (sulfide) groups is 1. The van der Waals surface area contributed by atoms with Gasteiger partial charge in [0.15, 0.2) is 11.0 Å². The molecule has 1 unspecified atom stereocenters. The number of anilines is 1. The number of aromatic nitrogens is 4. The third kappa shape index (κ3) is 4.96. The van der Waals surface area contributed by atoms with Crippen molar-refractivity contribution in [3.05, 3.63) is 82.6 Å². The SMILES string of the molecule is Cc1ccc(NC(=O)C(C)Sc2nnc(-c3cccnc3)n2-c2ccc(Cl)c(Cl)c2)cc1. The van der Waals surface area contributed by atoms with E-state index >= 15 is 0 Å². The van der Waals surface area contributed by atoms with Crippen LogP contribution in [0.1, 0.15) is 12.5 Å². The summed E-state index contributed by atoms with van der Waals surface area (Å²) in [6.07, 6.45) is 3.40. The molecular formula is C23H19Cl2N5OS. The van der Waals surface area contributed by atoms with Crippen molar-refractivity contribution in [3.8, 4) is 17.1 Å². The molecule has 162 valence electrons. The predicted octanol–water partition coefficient (Wildman–Crippen LogP) is 6.06. The Labute approximate surface area is 200 Å². The molecule has 6 nitrogen and oxygen atoms in total. The molecule has 2 aromatic heterocycles. The highest BCUT2D eigenvalue weighted by atomic mass is 35.5. The van der Waals surface area contributed by atoms with E-state index in [0.29, 0.717) is 21.0 Å². The van der Waals surface area contributed by atoms with E-state index in [9.17, 15) is 4.79 Å². The summed E-state index contributed by atoms with van der Waals surface area (Å²) in [7, 11) is 0. The number of amides is 1. The van der Waals surface area contributed by atoms with E-state index in [1.807, 2.05) is 60.9 Å². The van der Waals surface area contributed by atoms with Crippen molar-refractivity contribution in [2.24, 2.45) is 0 Å². The Balaban J connectivity index is 1.66. The Morgan fingerprint density at radius 1 is 1.06 bits per heavy atom. The number of carbonyl (C=O) groups excluding carboxylic acids is 1. The summed E-state index contributed by atoms with van der Waals surface area (Å²) < 4.78 is 1.85. The van der Waals surface area contributed by atoms with Crippen molar-refractivity contribution >= 4 is 46.6 Å². The van der Waals surface area contributed by atoms with Crippen molar-refractivity contribution in [2.45, 2.75) is 24.3 Å². The number of halogens is 2. The quantitative estimate of drug-likeness (QED) is 0.337. The molecule has 4 aromatic rings. The summed E-state index contributed by atoms with van der Waals surface area (Å²) in [5.74, 6) is 0.454. The highest BCUT2D eigenvalue weighted by Gasteiger charge is 2.22. The predicted molar refractivity (Wildman–Crippen MR) is 130 cm³/mol. The Morgan fingerprint density at radius 2 is 1.84 bits per heavy atom. The van der Waals surface area contributed by atoms with E-state index in [0.717, 1.165) is 22.5 Å². The molecule has 2 heterocycles. The Bertz CT molecular complexity index is 1250. The highest BCUT2D eigenvalue weighted by Crippen LogP contribution is 2.32. The van der Waals surface area contributed by atoms with Crippen LogP contribution in [-0.2, 0) is 4.79 Å². The van der Waals surface area contributed by atoms with Gasteiger partial charge in [-0.3, -0.25) is 14.3 Å². The molecule has 0 spiro atoms. The minimum absolute atomic E-state index is 0.134. The number of benzene rings is 2. The second-order valence-corrected chi connectivity index (χ2v) is 9.22.